The van der Waals surface area contributed by atoms with Crippen molar-refractivity contribution in [2.45, 2.75) is 70.5 Å². The van der Waals surface area contributed by atoms with Crippen LogP contribution in [0.5, 0.6) is 0 Å². The van der Waals surface area contributed by atoms with Crippen LogP contribution in [0, 0.1) is 0 Å². The molecule has 1 aliphatic carbocycles. The van der Waals surface area contributed by atoms with Gasteiger partial charge < -0.3 is 10.2 Å². The van der Waals surface area contributed by atoms with Gasteiger partial charge in [-0.05, 0) is 53.6 Å². The van der Waals surface area contributed by atoms with Gasteiger partial charge in [0.25, 0.3) is 0 Å². The Kier molecular flexibility index (Phi) is 8.23. The summed E-state index contributed by atoms with van der Waals surface area (Å²) in [5, 5.41) is 6.15. The summed E-state index contributed by atoms with van der Waals surface area (Å²) < 4.78 is 0. The molecule has 1 saturated carbocycles. The lowest BCUT2D eigenvalue weighted by Crippen LogP contribution is -2.51. The quantitative estimate of drug-likeness (QED) is 0.394. The molecule has 2 amide bonds. The van der Waals surface area contributed by atoms with Crippen LogP contribution in [0.25, 0.3) is 10.8 Å². The van der Waals surface area contributed by atoms with Crippen LogP contribution in [0.15, 0.2) is 66.7 Å². The Balaban J connectivity index is 1.55. The molecule has 4 nitrogen and oxygen atoms in total. The van der Waals surface area contributed by atoms with Crippen molar-refractivity contribution in [3.63, 3.8) is 0 Å². The van der Waals surface area contributed by atoms with E-state index in [1.807, 2.05) is 49.4 Å². The van der Waals surface area contributed by atoms with Gasteiger partial charge in [-0.15, -0.1) is 0 Å². The van der Waals surface area contributed by atoms with Gasteiger partial charge in [0.2, 0.25) is 11.8 Å². The number of fused-ring (bicyclic) bond motifs is 1. The molecule has 1 N–H and O–H groups in total. The summed E-state index contributed by atoms with van der Waals surface area (Å²) in [4.78, 5) is 28.6. The molecule has 3 aromatic carbocycles. The third-order valence-electron chi connectivity index (χ3n) is 6.87. The molecule has 0 bridgehead atoms. The number of carbonyl (C=O) groups excluding carboxylic acids is 2. The molecule has 0 radical (unpaired) electrons. The second-order valence-electron chi connectivity index (χ2n) is 9.17. The van der Waals surface area contributed by atoms with Crippen LogP contribution in [-0.4, -0.2) is 28.8 Å². The number of carbonyl (C=O) groups is 2. The largest absolute Gasteiger partial charge is 0.352 e. The highest BCUT2D eigenvalue weighted by molar-refractivity contribution is 6.31. The maximum atomic E-state index is 13.6. The summed E-state index contributed by atoms with van der Waals surface area (Å²) in [6.45, 7) is 2.29. The van der Waals surface area contributed by atoms with E-state index in [0.717, 1.165) is 36.8 Å². The van der Waals surface area contributed by atoms with Gasteiger partial charge in [-0.2, -0.15) is 0 Å². The van der Waals surface area contributed by atoms with Crippen LogP contribution in [0.3, 0.4) is 0 Å². The average molecular weight is 477 g/mol. The summed E-state index contributed by atoms with van der Waals surface area (Å²) in [7, 11) is 0. The maximum absolute atomic E-state index is 13.6. The average Bonchev–Trinajstić information content (AvgIpc) is 3.36. The van der Waals surface area contributed by atoms with Crippen LogP contribution < -0.4 is 5.32 Å². The zero-order valence-electron chi connectivity index (χ0n) is 19.8. The first-order valence-electron chi connectivity index (χ1n) is 12.4. The van der Waals surface area contributed by atoms with E-state index >= 15 is 0 Å². The Morgan fingerprint density at radius 2 is 1.65 bits per heavy atom. The number of rotatable bonds is 9. The number of hydrogen-bond acceptors (Lipinski definition) is 2. The fourth-order valence-electron chi connectivity index (χ4n) is 4.99. The third kappa shape index (κ3) is 5.79. The number of amides is 2. The standard InChI is InChI=1S/C29H33ClN2O2/c1-2-27(29(34)31-24-14-5-6-15-24)32(20-23-11-4-8-17-26(23)30)28(33)19-18-22-13-9-12-21-10-3-7-16-25(21)22/h3-4,7-13,16-17,24,27H,2,5-6,14-15,18-20H2,1H3,(H,31,34). The Hall–Kier alpha value is -2.85. The molecule has 1 aliphatic rings. The van der Waals surface area contributed by atoms with Gasteiger partial charge >= 0.3 is 0 Å². The number of aryl methyl sites for hydroxylation is 1. The molecule has 0 heterocycles. The van der Waals surface area contributed by atoms with E-state index in [2.05, 4.69) is 29.6 Å². The zero-order chi connectivity index (χ0) is 23.9. The molecule has 3 aromatic rings. The number of hydrogen-bond donors (Lipinski definition) is 1. The summed E-state index contributed by atoms with van der Waals surface area (Å²) in [6.07, 6.45) is 5.85. The summed E-state index contributed by atoms with van der Waals surface area (Å²) >= 11 is 6.44. The summed E-state index contributed by atoms with van der Waals surface area (Å²) in [5.41, 5.74) is 2.00. The molecular weight excluding hydrogens is 444 g/mol. The minimum Gasteiger partial charge on any atom is -0.352 e. The van der Waals surface area contributed by atoms with E-state index in [9.17, 15) is 9.59 Å². The van der Waals surface area contributed by atoms with Crippen LogP contribution in [0.2, 0.25) is 5.02 Å². The normalized spacial score (nSPS) is 14.8. The predicted molar refractivity (Wildman–Crippen MR) is 139 cm³/mol. The fraction of sp³-hybridized carbons (Fsp3) is 0.379. The Bertz CT molecular complexity index is 1130. The Morgan fingerprint density at radius 3 is 2.41 bits per heavy atom. The second-order valence-corrected chi connectivity index (χ2v) is 9.57. The minimum atomic E-state index is -0.517. The highest BCUT2D eigenvalue weighted by atomic mass is 35.5. The molecule has 1 fully saturated rings. The lowest BCUT2D eigenvalue weighted by atomic mass is 10.00. The fourth-order valence-corrected chi connectivity index (χ4v) is 5.19. The molecule has 4 rings (SSSR count). The van der Waals surface area contributed by atoms with Crippen molar-refractivity contribution in [2.75, 3.05) is 0 Å². The van der Waals surface area contributed by atoms with Crippen LogP contribution in [0.1, 0.15) is 56.6 Å². The van der Waals surface area contributed by atoms with Gasteiger partial charge in [0, 0.05) is 24.0 Å². The van der Waals surface area contributed by atoms with E-state index in [1.165, 1.54) is 10.8 Å². The molecule has 1 unspecified atom stereocenters. The molecule has 0 aliphatic heterocycles. The van der Waals surface area contributed by atoms with Crippen LogP contribution in [-0.2, 0) is 22.6 Å². The van der Waals surface area contributed by atoms with Gasteiger partial charge in [-0.25, -0.2) is 0 Å². The Morgan fingerprint density at radius 1 is 0.971 bits per heavy atom. The number of benzene rings is 3. The maximum Gasteiger partial charge on any atom is 0.243 e. The third-order valence-corrected chi connectivity index (χ3v) is 7.24. The molecule has 1 atom stereocenters. The lowest BCUT2D eigenvalue weighted by molar-refractivity contribution is -0.141. The van der Waals surface area contributed by atoms with E-state index < -0.39 is 6.04 Å². The van der Waals surface area contributed by atoms with E-state index in [0.29, 0.717) is 30.8 Å². The molecule has 0 saturated heterocycles. The molecule has 0 aromatic heterocycles. The Labute approximate surface area is 207 Å². The minimum absolute atomic E-state index is 0.0266. The summed E-state index contributed by atoms with van der Waals surface area (Å²) in [5.74, 6) is -0.0822. The SMILES string of the molecule is CCC(C(=O)NC1CCCC1)N(Cc1ccccc1Cl)C(=O)CCc1cccc2ccccc12. The highest BCUT2D eigenvalue weighted by Crippen LogP contribution is 2.24. The van der Waals surface area contributed by atoms with Crippen LogP contribution >= 0.6 is 11.6 Å². The molecular formula is C29H33ClN2O2. The highest BCUT2D eigenvalue weighted by Gasteiger charge is 2.30. The van der Waals surface area contributed by atoms with Crippen molar-refractivity contribution in [1.29, 1.82) is 0 Å². The molecule has 178 valence electrons. The van der Waals surface area contributed by atoms with E-state index in [4.69, 9.17) is 11.6 Å². The van der Waals surface area contributed by atoms with Gasteiger partial charge in [0.1, 0.15) is 6.04 Å². The first-order valence-corrected chi connectivity index (χ1v) is 12.7. The van der Waals surface area contributed by atoms with Gasteiger partial charge in [-0.1, -0.05) is 92.0 Å². The zero-order valence-corrected chi connectivity index (χ0v) is 20.6. The van der Waals surface area contributed by atoms with Crippen LogP contribution in [0.4, 0.5) is 0 Å². The van der Waals surface area contributed by atoms with Crippen molar-refractivity contribution in [1.82, 2.24) is 10.2 Å². The van der Waals surface area contributed by atoms with Gasteiger partial charge in [-0.3, -0.25) is 9.59 Å². The van der Waals surface area contributed by atoms with Crippen molar-refractivity contribution in [3.05, 3.63) is 82.9 Å². The molecule has 0 spiro atoms. The van der Waals surface area contributed by atoms with Crippen molar-refractivity contribution < 1.29 is 9.59 Å². The van der Waals surface area contributed by atoms with Crippen molar-refractivity contribution >= 4 is 34.2 Å². The topological polar surface area (TPSA) is 49.4 Å². The monoisotopic (exact) mass is 476 g/mol. The second kappa shape index (κ2) is 11.5. The molecule has 5 heteroatoms. The smallest absolute Gasteiger partial charge is 0.243 e. The first-order chi connectivity index (χ1) is 16.6. The number of nitrogens with zero attached hydrogens (tertiary/aromatic N) is 1. The van der Waals surface area contributed by atoms with E-state index in [1.54, 1.807) is 4.90 Å². The molecule has 34 heavy (non-hydrogen) atoms. The predicted octanol–water partition coefficient (Wildman–Crippen LogP) is 6.29. The lowest BCUT2D eigenvalue weighted by Gasteiger charge is -2.32. The van der Waals surface area contributed by atoms with Crippen molar-refractivity contribution in [2.24, 2.45) is 0 Å². The number of halogens is 1. The van der Waals surface area contributed by atoms with Crippen molar-refractivity contribution in [3.8, 4) is 0 Å². The van der Waals surface area contributed by atoms with Gasteiger partial charge in [0.15, 0.2) is 0 Å². The first kappa shape index (κ1) is 24.3. The number of nitrogens with one attached hydrogen (secondary N) is 1. The summed E-state index contributed by atoms with van der Waals surface area (Å²) in [6, 6.07) is 21.7. The van der Waals surface area contributed by atoms with Gasteiger partial charge in [0.05, 0.1) is 0 Å². The van der Waals surface area contributed by atoms with E-state index in [-0.39, 0.29) is 17.9 Å².